The number of fused-ring (bicyclic) bond motifs is 1. The molecule has 4 rings (SSSR count). The van der Waals surface area contributed by atoms with E-state index in [0.29, 0.717) is 36.4 Å². The number of methoxy groups -OCH3 is 2. The predicted molar refractivity (Wildman–Crippen MR) is 138 cm³/mol. The molecule has 35 heavy (non-hydrogen) atoms. The average molecular weight is 493 g/mol. The van der Waals surface area contributed by atoms with E-state index in [0.717, 1.165) is 11.3 Å². The van der Waals surface area contributed by atoms with Crippen LogP contribution in [0.4, 0.5) is 11.4 Å². The van der Waals surface area contributed by atoms with Crippen LogP contribution in [0.25, 0.3) is 11.0 Å². The van der Waals surface area contributed by atoms with Crippen LogP contribution in [0.5, 0.6) is 0 Å². The van der Waals surface area contributed by atoms with Crippen molar-refractivity contribution in [3.05, 3.63) is 75.7 Å². The minimum Gasteiger partial charge on any atom is -0.464 e. The lowest BCUT2D eigenvalue weighted by molar-refractivity contribution is -0.115. The number of aryl methyl sites for hydroxylation is 1. The fourth-order valence-corrected chi connectivity index (χ4v) is 4.72. The molecule has 3 heterocycles. The molecule has 0 unspecified atom stereocenters. The number of hydrogen-bond donors (Lipinski definition) is 2. The van der Waals surface area contributed by atoms with Gasteiger partial charge >= 0.3 is 5.97 Å². The SMILES string of the molecule is COCCn1c(C(=O)OC)c(NC(=O)Cc2ccccc2)c2cc(NCc3ccc(C)s3)cnc21. The first-order valence-electron chi connectivity index (χ1n) is 11.2. The Morgan fingerprint density at radius 2 is 1.91 bits per heavy atom. The zero-order chi connectivity index (χ0) is 24.8. The number of benzene rings is 1. The van der Waals surface area contributed by atoms with Gasteiger partial charge in [-0.3, -0.25) is 4.79 Å². The lowest BCUT2D eigenvalue weighted by Crippen LogP contribution is -2.19. The summed E-state index contributed by atoms with van der Waals surface area (Å²) >= 11 is 1.73. The number of amides is 1. The van der Waals surface area contributed by atoms with Gasteiger partial charge in [0.15, 0.2) is 5.69 Å². The van der Waals surface area contributed by atoms with Crippen LogP contribution in [0.3, 0.4) is 0 Å². The molecule has 0 radical (unpaired) electrons. The van der Waals surface area contributed by atoms with Gasteiger partial charge in [0.25, 0.3) is 0 Å². The second-order valence-corrected chi connectivity index (χ2v) is 9.40. The van der Waals surface area contributed by atoms with Crippen molar-refractivity contribution in [1.82, 2.24) is 9.55 Å². The number of ether oxygens (including phenoxy) is 2. The van der Waals surface area contributed by atoms with Crippen LogP contribution in [-0.4, -0.2) is 42.3 Å². The van der Waals surface area contributed by atoms with Crippen LogP contribution in [0, 0.1) is 6.92 Å². The Kier molecular flexibility index (Phi) is 7.79. The summed E-state index contributed by atoms with van der Waals surface area (Å²) < 4.78 is 12.0. The van der Waals surface area contributed by atoms with E-state index in [2.05, 4.69) is 34.7 Å². The molecule has 4 aromatic rings. The summed E-state index contributed by atoms with van der Waals surface area (Å²) in [5.74, 6) is -0.794. The molecule has 9 heteroatoms. The highest BCUT2D eigenvalue weighted by Crippen LogP contribution is 2.33. The topological polar surface area (TPSA) is 94.5 Å². The van der Waals surface area contributed by atoms with E-state index < -0.39 is 5.97 Å². The normalized spacial score (nSPS) is 10.9. The van der Waals surface area contributed by atoms with Gasteiger partial charge in [0, 0.05) is 35.3 Å². The molecule has 1 amide bonds. The van der Waals surface area contributed by atoms with Gasteiger partial charge in [0.2, 0.25) is 5.91 Å². The zero-order valence-corrected chi connectivity index (χ0v) is 20.8. The first-order valence-corrected chi connectivity index (χ1v) is 12.0. The molecular formula is C26H28N4O4S. The van der Waals surface area contributed by atoms with Crippen molar-refractivity contribution in [2.75, 3.05) is 31.5 Å². The van der Waals surface area contributed by atoms with E-state index in [1.807, 2.05) is 36.4 Å². The molecule has 0 saturated heterocycles. The number of carbonyl (C=O) groups is 2. The van der Waals surface area contributed by atoms with Gasteiger partial charge in [-0.15, -0.1) is 11.3 Å². The van der Waals surface area contributed by atoms with E-state index in [4.69, 9.17) is 9.47 Å². The van der Waals surface area contributed by atoms with Crippen LogP contribution in [-0.2, 0) is 33.8 Å². The highest BCUT2D eigenvalue weighted by atomic mass is 32.1. The molecule has 0 fully saturated rings. The molecule has 1 aromatic carbocycles. The van der Waals surface area contributed by atoms with Crippen molar-refractivity contribution in [3.63, 3.8) is 0 Å². The zero-order valence-electron chi connectivity index (χ0n) is 20.0. The maximum atomic E-state index is 13.0. The number of hydrogen-bond acceptors (Lipinski definition) is 7. The number of aromatic nitrogens is 2. The van der Waals surface area contributed by atoms with Crippen LogP contribution < -0.4 is 10.6 Å². The van der Waals surface area contributed by atoms with Crippen LogP contribution in [0.1, 0.15) is 25.8 Å². The van der Waals surface area contributed by atoms with E-state index in [-0.39, 0.29) is 18.0 Å². The standard InChI is InChI=1S/C26H28N4O4S/c1-17-9-10-20(35-17)16-27-19-14-21-23(29-22(31)13-18-7-5-4-6-8-18)24(26(32)34-3)30(11-12-33-2)25(21)28-15-19/h4-10,14-15,27H,11-13,16H2,1-3H3,(H,29,31). The minimum absolute atomic E-state index is 0.176. The Hall–Kier alpha value is -3.69. The third-order valence-electron chi connectivity index (χ3n) is 5.53. The molecule has 0 saturated carbocycles. The Balaban J connectivity index is 1.72. The van der Waals surface area contributed by atoms with Crippen LogP contribution in [0.2, 0.25) is 0 Å². The molecule has 0 aliphatic heterocycles. The van der Waals surface area contributed by atoms with Crippen LogP contribution >= 0.6 is 11.3 Å². The molecule has 0 spiro atoms. The summed E-state index contributed by atoms with van der Waals surface area (Å²) in [5, 5.41) is 6.99. The second-order valence-electron chi connectivity index (χ2n) is 8.03. The molecule has 3 aromatic heterocycles. The number of pyridine rings is 1. The van der Waals surface area contributed by atoms with Crippen LogP contribution in [0.15, 0.2) is 54.7 Å². The number of nitrogens with zero attached hydrogens (tertiary/aromatic N) is 2. The fourth-order valence-electron chi connectivity index (χ4n) is 3.89. The maximum Gasteiger partial charge on any atom is 0.356 e. The summed E-state index contributed by atoms with van der Waals surface area (Å²) in [4.78, 5) is 32.9. The lowest BCUT2D eigenvalue weighted by atomic mass is 10.1. The highest BCUT2D eigenvalue weighted by molar-refractivity contribution is 7.11. The largest absolute Gasteiger partial charge is 0.464 e. The number of anilines is 2. The molecule has 0 aliphatic rings. The molecule has 2 N–H and O–H groups in total. The van der Waals surface area contributed by atoms with Crippen molar-refractivity contribution >= 4 is 45.6 Å². The summed E-state index contributed by atoms with van der Waals surface area (Å²) in [6.07, 6.45) is 1.90. The molecule has 182 valence electrons. The van der Waals surface area contributed by atoms with E-state index in [1.54, 1.807) is 29.2 Å². The number of nitrogens with one attached hydrogen (secondary N) is 2. The molecule has 8 nitrogen and oxygen atoms in total. The first kappa shape index (κ1) is 24.4. The molecule has 0 bridgehead atoms. The summed E-state index contributed by atoms with van der Waals surface area (Å²) in [7, 11) is 2.91. The number of thiophene rings is 1. The van der Waals surface area contributed by atoms with Gasteiger partial charge in [0.1, 0.15) is 5.65 Å². The average Bonchev–Trinajstić information content (AvgIpc) is 3.42. The van der Waals surface area contributed by atoms with Gasteiger partial charge in [0.05, 0.1) is 37.7 Å². The van der Waals surface area contributed by atoms with Crippen molar-refractivity contribution < 1.29 is 19.1 Å². The van der Waals surface area contributed by atoms with Gasteiger partial charge in [-0.2, -0.15) is 0 Å². The second kappa shape index (κ2) is 11.2. The Morgan fingerprint density at radius 1 is 1.11 bits per heavy atom. The van der Waals surface area contributed by atoms with Crippen molar-refractivity contribution in [2.45, 2.75) is 26.4 Å². The number of rotatable bonds is 10. The summed E-state index contributed by atoms with van der Waals surface area (Å²) in [6, 6.07) is 15.5. The summed E-state index contributed by atoms with van der Waals surface area (Å²) in [5.41, 5.74) is 2.84. The Bertz CT molecular complexity index is 1330. The highest BCUT2D eigenvalue weighted by Gasteiger charge is 2.26. The van der Waals surface area contributed by atoms with Crippen molar-refractivity contribution in [1.29, 1.82) is 0 Å². The Labute approximate surface area is 207 Å². The van der Waals surface area contributed by atoms with Gasteiger partial charge < -0.3 is 24.7 Å². The van der Waals surface area contributed by atoms with E-state index >= 15 is 0 Å². The number of esters is 1. The third-order valence-corrected chi connectivity index (χ3v) is 6.53. The lowest BCUT2D eigenvalue weighted by Gasteiger charge is -2.10. The van der Waals surface area contributed by atoms with Gasteiger partial charge in [-0.1, -0.05) is 30.3 Å². The molecular weight excluding hydrogens is 464 g/mol. The predicted octanol–water partition coefficient (Wildman–Crippen LogP) is 4.63. The quantitative estimate of drug-likeness (QED) is 0.314. The molecule has 0 atom stereocenters. The summed E-state index contributed by atoms with van der Waals surface area (Å²) in [6.45, 7) is 3.46. The number of carbonyl (C=O) groups excluding carboxylic acids is 2. The first-order chi connectivity index (χ1) is 17.0. The van der Waals surface area contributed by atoms with Crippen molar-refractivity contribution in [3.8, 4) is 0 Å². The smallest absolute Gasteiger partial charge is 0.356 e. The van der Waals surface area contributed by atoms with Crippen molar-refractivity contribution in [2.24, 2.45) is 0 Å². The van der Waals surface area contributed by atoms with Gasteiger partial charge in [-0.05, 0) is 30.7 Å². The third kappa shape index (κ3) is 5.70. The van der Waals surface area contributed by atoms with Gasteiger partial charge in [-0.25, -0.2) is 9.78 Å². The van der Waals surface area contributed by atoms with E-state index in [9.17, 15) is 9.59 Å². The maximum absolute atomic E-state index is 13.0. The Morgan fingerprint density at radius 3 is 2.60 bits per heavy atom. The minimum atomic E-state index is -0.558. The van der Waals surface area contributed by atoms with E-state index in [1.165, 1.54) is 16.9 Å². The monoisotopic (exact) mass is 492 g/mol. The fraction of sp³-hybridized carbons (Fsp3) is 0.269. The molecule has 0 aliphatic carbocycles.